The van der Waals surface area contributed by atoms with Gasteiger partial charge in [0.2, 0.25) is 0 Å². The molecule has 0 bridgehead atoms. The zero-order valence-electron chi connectivity index (χ0n) is 53.7. The normalized spacial score (nSPS) is 33.5. The largest absolute Gasteiger partial charge is 0.0620 e. The lowest BCUT2D eigenvalue weighted by Crippen LogP contribution is -2.37. The average molecular weight is 1190 g/mol. The molecule has 10 aliphatic rings. The Morgan fingerprint density at radius 2 is 0.315 bits per heavy atom. The molecule has 10 aromatic rings. The average Bonchev–Trinajstić information content (AvgIpc) is 1.56. The molecule has 0 fully saturated rings. The Morgan fingerprint density at radius 3 is 0.543 bits per heavy atom. The van der Waals surface area contributed by atoms with Crippen LogP contribution in [-0.4, -0.2) is 0 Å². The van der Waals surface area contributed by atoms with Gasteiger partial charge in [-0.05, 0) is 294 Å². The Hall–Kier alpha value is -7.80. The van der Waals surface area contributed by atoms with Gasteiger partial charge in [-0.3, -0.25) is 0 Å². The minimum absolute atomic E-state index is 0.438. The summed E-state index contributed by atoms with van der Waals surface area (Å²) < 4.78 is 0. The van der Waals surface area contributed by atoms with Gasteiger partial charge in [-0.1, -0.05) is 257 Å². The molecule has 0 radical (unpaired) electrons. The molecule has 0 spiro atoms. The quantitative estimate of drug-likeness (QED) is 0.135. The predicted octanol–water partition coefficient (Wildman–Crippen LogP) is 20.6. The van der Waals surface area contributed by atoms with Crippen molar-refractivity contribution in [2.45, 2.75) is 137 Å². The molecule has 454 valence electrons. The van der Waals surface area contributed by atoms with Crippen LogP contribution in [0.5, 0.6) is 0 Å². The van der Waals surface area contributed by atoms with Crippen LogP contribution in [0.1, 0.15) is 184 Å². The van der Waals surface area contributed by atoms with Crippen LogP contribution < -0.4 is 0 Å². The Balaban J connectivity index is 0.723. The van der Waals surface area contributed by atoms with Crippen LogP contribution in [-0.2, 0) is 64.2 Å². The smallest absolute Gasteiger partial charge is 0.00843 e. The second kappa shape index (κ2) is 21.4. The van der Waals surface area contributed by atoms with E-state index < -0.39 is 0 Å². The minimum Gasteiger partial charge on any atom is -0.0620 e. The molecule has 0 saturated carbocycles. The summed E-state index contributed by atoms with van der Waals surface area (Å²) in [6, 6.07) is 98.9. The lowest BCUT2D eigenvalue weighted by Gasteiger charge is -2.44. The van der Waals surface area contributed by atoms with E-state index in [1.165, 1.54) is 64.2 Å². The minimum atomic E-state index is 0.438. The van der Waals surface area contributed by atoms with E-state index in [2.05, 4.69) is 257 Å². The van der Waals surface area contributed by atoms with Crippen LogP contribution in [0.2, 0.25) is 0 Å². The van der Waals surface area contributed by atoms with Crippen LogP contribution >= 0.6 is 0 Å². The van der Waals surface area contributed by atoms with Crippen LogP contribution in [0.3, 0.4) is 0 Å². The maximum absolute atomic E-state index is 2.65. The first-order chi connectivity index (χ1) is 45.5. The number of fused-ring (bicyclic) bond motifs is 10. The van der Waals surface area contributed by atoms with Gasteiger partial charge >= 0.3 is 0 Å². The predicted molar refractivity (Wildman–Crippen MR) is 375 cm³/mol. The molecule has 20 atom stereocenters. The Kier molecular flexibility index (Phi) is 12.7. The number of hydrogen-bond donors (Lipinski definition) is 0. The highest BCUT2D eigenvalue weighted by Crippen LogP contribution is 2.70. The first kappa shape index (κ1) is 54.7. The lowest BCUT2D eigenvalue weighted by atomic mass is 9.59. The number of hydrogen-bond acceptors (Lipinski definition) is 0. The maximum Gasteiger partial charge on any atom is -0.00843 e. The lowest BCUT2D eigenvalue weighted by molar-refractivity contribution is 0.144. The molecule has 20 unspecified atom stereocenters. The van der Waals surface area contributed by atoms with Crippen LogP contribution in [0.25, 0.3) is 0 Å². The number of benzene rings is 10. The van der Waals surface area contributed by atoms with Gasteiger partial charge in [-0.15, -0.1) is 0 Å². The van der Waals surface area contributed by atoms with Crippen LogP contribution in [0, 0.1) is 59.2 Å². The Labute approximate surface area is 547 Å². The monoisotopic (exact) mass is 1190 g/mol. The summed E-state index contributed by atoms with van der Waals surface area (Å²) in [5.41, 5.74) is 32.9. The molecule has 0 nitrogen and oxygen atoms in total. The van der Waals surface area contributed by atoms with Crippen molar-refractivity contribution < 1.29 is 0 Å². The molecule has 0 N–H and O–H groups in total. The van der Waals surface area contributed by atoms with Gasteiger partial charge in [0.1, 0.15) is 0 Å². The van der Waals surface area contributed by atoms with Crippen molar-refractivity contribution in [1.82, 2.24) is 0 Å². The molecule has 10 aromatic carbocycles. The van der Waals surface area contributed by atoms with Crippen molar-refractivity contribution in [2.75, 3.05) is 0 Å². The van der Waals surface area contributed by atoms with Gasteiger partial charge in [-0.25, -0.2) is 0 Å². The first-order valence-electron chi connectivity index (χ1n) is 36.3. The van der Waals surface area contributed by atoms with E-state index in [4.69, 9.17) is 0 Å². The molecule has 0 amide bonds. The third-order valence-corrected chi connectivity index (χ3v) is 28.0. The highest BCUT2D eigenvalue weighted by atomic mass is 14.6. The summed E-state index contributed by atoms with van der Waals surface area (Å²) >= 11 is 0. The van der Waals surface area contributed by atoms with Crippen LogP contribution in [0.4, 0.5) is 0 Å². The zero-order valence-corrected chi connectivity index (χ0v) is 53.7. The fourth-order valence-electron chi connectivity index (χ4n) is 25.2. The van der Waals surface area contributed by atoms with E-state index in [1.54, 1.807) is 111 Å². The molecule has 0 heterocycles. The molecule has 0 aromatic heterocycles. The summed E-state index contributed by atoms with van der Waals surface area (Å²) in [6.07, 6.45) is 11.8. The van der Waals surface area contributed by atoms with Crippen molar-refractivity contribution in [2.24, 2.45) is 59.2 Å². The molecular formula is C92H86. The van der Waals surface area contributed by atoms with E-state index >= 15 is 0 Å². The fourth-order valence-corrected chi connectivity index (χ4v) is 25.2. The van der Waals surface area contributed by atoms with E-state index in [0.717, 1.165) is 0 Å². The highest BCUT2D eigenvalue weighted by molar-refractivity contribution is 5.54. The summed E-state index contributed by atoms with van der Waals surface area (Å²) in [6.45, 7) is 5.18. The second-order valence-electron chi connectivity index (χ2n) is 31.5. The number of rotatable bonds is 9. The van der Waals surface area contributed by atoms with E-state index in [1.807, 2.05) is 0 Å². The fraction of sp³-hybridized carbons (Fsp3) is 0.348. The molecule has 0 aliphatic heterocycles. The van der Waals surface area contributed by atoms with Gasteiger partial charge in [0.05, 0.1) is 0 Å². The van der Waals surface area contributed by atoms with Gasteiger partial charge in [-0.2, -0.15) is 0 Å². The van der Waals surface area contributed by atoms with Crippen molar-refractivity contribution >= 4 is 0 Å². The maximum atomic E-state index is 2.65. The summed E-state index contributed by atoms with van der Waals surface area (Å²) in [5.74, 6) is 10.2. The first-order valence-corrected chi connectivity index (χ1v) is 36.3. The SMILES string of the molecule is CC1Cc2ccccc2C1C1Cc2ccccc2C1C1Cc2ccccc2C1C1Cc2ccccc2C1C1Cc2ccccc2C1C1Cc2ccccc2C1C1Cc2ccccc2C1C1Cc2ccccc2C1C1Cc2ccccc2C1C1Cc2ccccc2C1C. The van der Waals surface area contributed by atoms with Crippen LogP contribution in [0.15, 0.2) is 243 Å². The zero-order chi connectivity index (χ0) is 60.4. The van der Waals surface area contributed by atoms with E-state index in [-0.39, 0.29) is 0 Å². The van der Waals surface area contributed by atoms with Crippen molar-refractivity contribution in [3.63, 3.8) is 0 Å². The Morgan fingerprint density at radius 1 is 0.163 bits per heavy atom. The van der Waals surface area contributed by atoms with Gasteiger partial charge in [0, 0.05) is 0 Å². The van der Waals surface area contributed by atoms with Crippen molar-refractivity contribution in [3.05, 3.63) is 354 Å². The molecule has 0 heteroatoms. The van der Waals surface area contributed by atoms with Gasteiger partial charge in [0.15, 0.2) is 0 Å². The van der Waals surface area contributed by atoms with Crippen molar-refractivity contribution in [3.8, 4) is 0 Å². The molecule has 0 saturated heterocycles. The topological polar surface area (TPSA) is 0 Å². The molecular weight excluding hydrogens is 1110 g/mol. The summed E-state index contributed by atoms with van der Waals surface area (Å²) in [7, 11) is 0. The molecule has 92 heavy (non-hydrogen) atoms. The van der Waals surface area contributed by atoms with Gasteiger partial charge < -0.3 is 0 Å². The molecule has 20 rings (SSSR count). The summed E-state index contributed by atoms with van der Waals surface area (Å²) in [5, 5.41) is 0. The third-order valence-electron chi connectivity index (χ3n) is 28.0. The second-order valence-corrected chi connectivity index (χ2v) is 31.5. The Bertz CT molecular complexity index is 4540. The van der Waals surface area contributed by atoms with E-state index in [9.17, 15) is 0 Å². The van der Waals surface area contributed by atoms with E-state index in [0.29, 0.717) is 118 Å². The van der Waals surface area contributed by atoms with Crippen molar-refractivity contribution in [1.29, 1.82) is 0 Å². The standard InChI is InChI=1S/C92H86/c1-53-43-55-23-4-14-34-66(55)84(53)76-45-57-25-6-16-36-68(57)86(76)78-47-59-27-8-18-38-70(59)88(78)80-49-61-29-10-20-40-72(61)90(80)82-51-63-31-12-22-42-74(63)92(82)83-52-64-32-11-21-41-73(64)91(83)81-50-62-30-9-19-39-71(62)89(81)79-48-60-28-7-17-37-69(60)87(79)77-46-58-26-5-15-35-67(58)85(77)75-44-56-24-3-13-33-65(56)54(75)2/h3-42,53-54,75-92H,43-52H2,1-2H3. The van der Waals surface area contributed by atoms with Gasteiger partial charge in [0.25, 0.3) is 0 Å². The molecule has 10 aliphatic carbocycles. The highest BCUT2D eigenvalue weighted by Gasteiger charge is 2.60. The summed E-state index contributed by atoms with van der Waals surface area (Å²) in [4.78, 5) is 0. The third kappa shape index (κ3) is 8.13.